The summed E-state index contributed by atoms with van der Waals surface area (Å²) in [4.78, 5) is 5.26. The Morgan fingerprint density at radius 3 is 2.92 bits per heavy atom. The molecule has 0 aliphatic carbocycles. The minimum absolute atomic E-state index is 0.0926. The molecule has 1 rings (SSSR count). The lowest BCUT2D eigenvalue weighted by Gasteiger charge is -2.22. The highest BCUT2D eigenvalue weighted by Gasteiger charge is 2.14. The van der Waals surface area contributed by atoms with Crippen LogP contribution in [0.5, 0.6) is 0 Å². The quantitative estimate of drug-likeness (QED) is 0.785. The summed E-state index contributed by atoms with van der Waals surface area (Å²) < 4.78 is 5.28. The van der Waals surface area contributed by atoms with Crippen LogP contribution in [0.25, 0.3) is 0 Å². The number of ether oxygens (including phenoxy) is 1. The SMILES string of the molecule is COC(C)(C)CNCc1cncs1. The fourth-order valence-corrected chi connectivity index (χ4v) is 1.45. The minimum Gasteiger partial charge on any atom is -0.377 e. The molecule has 0 aliphatic heterocycles. The topological polar surface area (TPSA) is 34.1 Å². The van der Waals surface area contributed by atoms with E-state index in [1.54, 1.807) is 18.4 Å². The van der Waals surface area contributed by atoms with Crippen LogP contribution in [0.4, 0.5) is 0 Å². The van der Waals surface area contributed by atoms with E-state index < -0.39 is 0 Å². The van der Waals surface area contributed by atoms with Gasteiger partial charge < -0.3 is 10.1 Å². The molecule has 1 aromatic heterocycles. The Hall–Kier alpha value is -0.450. The standard InChI is InChI=1S/C9H16N2OS/c1-9(2,12-3)6-10-4-8-5-11-7-13-8/h5,7,10H,4,6H2,1-3H3. The molecule has 4 heteroatoms. The maximum atomic E-state index is 5.28. The molecule has 1 heterocycles. The van der Waals surface area contributed by atoms with Crippen LogP contribution < -0.4 is 5.32 Å². The third kappa shape index (κ3) is 3.85. The van der Waals surface area contributed by atoms with Gasteiger partial charge in [0.25, 0.3) is 0 Å². The average molecular weight is 200 g/mol. The molecule has 1 aromatic rings. The third-order valence-electron chi connectivity index (χ3n) is 1.89. The van der Waals surface area contributed by atoms with Crippen LogP contribution in [-0.4, -0.2) is 24.2 Å². The van der Waals surface area contributed by atoms with Crippen LogP contribution in [-0.2, 0) is 11.3 Å². The van der Waals surface area contributed by atoms with Gasteiger partial charge in [0, 0.05) is 31.3 Å². The maximum absolute atomic E-state index is 5.28. The van der Waals surface area contributed by atoms with Crippen molar-refractivity contribution >= 4 is 11.3 Å². The fourth-order valence-electron chi connectivity index (χ4n) is 0.888. The first-order chi connectivity index (χ1) is 6.14. The minimum atomic E-state index is -0.0926. The molecule has 0 saturated heterocycles. The van der Waals surface area contributed by atoms with E-state index in [-0.39, 0.29) is 5.60 Å². The molecule has 3 nitrogen and oxygen atoms in total. The maximum Gasteiger partial charge on any atom is 0.0794 e. The Bertz CT molecular complexity index is 234. The summed E-state index contributed by atoms with van der Waals surface area (Å²) in [5, 5.41) is 3.32. The first-order valence-electron chi connectivity index (χ1n) is 4.27. The number of hydrogen-bond donors (Lipinski definition) is 1. The zero-order valence-corrected chi connectivity index (χ0v) is 9.15. The normalized spacial score (nSPS) is 11.9. The van der Waals surface area contributed by atoms with Gasteiger partial charge in [0.15, 0.2) is 0 Å². The summed E-state index contributed by atoms with van der Waals surface area (Å²) in [7, 11) is 1.73. The molecule has 0 aromatic carbocycles. The van der Waals surface area contributed by atoms with Gasteiger partial charge in [-0.05, 0) is 13.8 Å². The van der Waals surface area contributed by atoms with Crippen molar-refractivity contribution in [3.63, 3.8) is 0 Å². The molecule has 0 amide bonds. The number of nitrogens with zero attached hydrogens (tertiary/aromatic N) is 1. The molecule has 74 valence electrons. The number of rotatable bonds is 5. The lowest BCUT2D eigenvalue weighted by Crippen LogP contribution is -2.36. The fraction of sp³-hybridized carbons (Fsp3) is 0.667. The van der Waals surface area contributed by atoms with Crippen molar-refractivity contribution in [2.75, 3.05) is 13.7 Å². The Balaban J connectivity index is 2.21. The zero-order valence-electron chi connectivity index (χ0n) is 8.33. The lowest BCUT2D eigenvalue weighted by molar-refractivity contribution is 0.0231. The van der Waals surface area contributed by atoms with Gasteiger partial charge in [-0.25, -0.2) is 0 Å². The molecule has 0 fully saturated rings. The van der Waals surface area contributed by atoms with Crippen molar-refractivity contribution in [1.82, 2.24) is 10.3 Å². The molecule has 13 heavy (non-hydrogen) atoms. The monoisotopic (exact) mass is 200 g/mol. The summed E-state index contributed by atoms with van der Waals surface area (Å²) in [6.45, 7) is 5.85. The van der Waals surface area contributed by atoms with Gasteiger partial charge in [-0.3, -0.25) is 4.98 Å². The van der Waals surface area contributed by atoms with Crippen LogP contribution >= 0.6 is 11.3 Å². The van der Waals surface area contributed by atoms with Gasteiger partial charge >= 0.3 is 0 Å². The molecule has 0 radical (unpaired) electrons. The van der Waals surface area contributed by atoms with E-state index in [1.807, 2.05) is 11.7 Å². The van der Waals surface area contributed by atoms with Crippen molar-refractivity contribution in [3.05, 3.63) is 16.6 Å². The Kier molecular flexibility index (Phi) is 3.84. The lowest BCUT2D eigenvalue weighted by atomic mass is 10.1. The molecular weight excluding hydrogens is 184 g/mol. The summed E-state index contributed by atoms with van der Waals surface area (Å²) >= 11 is 1.67. The van der Waals surface area contributed by atoms with E-state index >= 15 is 0 Å². The highest BCUT2D eigenvalue weighted by atomic mass is 32.1. The van der Waals surface area contributed by atoms with Gasteiger partial charge in [-0.2, -0.15) is 0 Å². The van der Waals surface area contributed by atoms with Gasteiger partial charge in [0.2, 0.25) is 0 Å². The van der Waals surface area contributed by atoms with Crippen LogP contribution in [0.1, 0.15) is 18.7 Å². The molecule has 0 unspecified atom stereocenters. The molecule has 0 saturated carbocycles. The number of thiazole rings is 1. The predicted molar refractivity (Wildman–Crippen MR) is 54.9 cm³/mol. The number of methoxy groups -OCH3 is 1. The van der Waals surface area contributed by atoms with E-state index in [4.69, 9.17) is 4.74 Å². The number of nitrogens with one attached hydrogen (secondary N) is 1. The average Bonchev–Trinajstić information content (AvgIpc) is 2.57. The van der Waals surface area contributed by atoms with E-state index in [0.717, 1.165) is 13.1 Å². The van der Waals surface area contributed by atoms with Crippen LogP contribution in [0.15, 0.2) is 11.7 Å². The number of aromatic nitrogens is 1. The summed E-state index contributed by atoms with van der Waals surface area (Å²) in [5.74, 6) is 0. The Labute approximate surface area is 83.1 Å². The number of hydrogen-bond acceptors (Lipinski definition) is 4. The first kappa shape index (κ1) is 10.6. The van der Waals surface area contributed by atoms with Crippen molar-refractivity contribution < 1.29 is 4.74 Å². The summed E-state index contributed by atoms with van der Waals surface area (Å²) in [6, 6.07) is 0. The van der Waals surface area contributed by atoms with E-state index in [1.165, 1.54) is 4.88 Å². The van der Waals surface area contributed by atoms with Crippen molar-refractivity contribution in [3.8, 4) is 0 Å². The highest BCUT2D eigenvalue weighted by Crippen LogP contribution is 2.07. The highest BCUT2D eigenvalue weighted by molar-refractivity contribution is 7.09. The molecule has 0 spiro atoms. The van der Waals surface area contributed by atoms with Crippen molar-refractivity contribution in [1.29, 1.82) is 0 Å². The van der Waals surface area contributed by atoms with Gasteiger partial charge in [-0.15, -0.1) is 11.3 Å². The molecular formula is C9H16N2OS. The first-order valence-corrected chi connectivity index (χ1v) is 5.15. The van der Waals surface area contributed by atoms with Gasteiger partial charge in [0.1, 0.15) is 0 Å². The van der Waals surface area contributed by atoms with Crippen LogP contribution in [0, 0.1) is 0 Å². The molecule has 0 atom stereocenters. The Morgan fingerprint density at radius 1 is 1.62 bits per heavy atom. The molecule has 1 N–H and O–H groups in total. The van der Waals surface area contributed by atoms with E-state index in [0.29, 0.717) is 0 Å². The molecule has 0 aliphatic rings. The summed E-state index contributed by atoms with van der Waals surface area (Å²) in [5.41, 5.74) is 1.75. The van der Waals surface area contributed by atoms with Gasteiger partial charge in [-0.1, -0.05) is 0 Å². The van der Waals surface area contributed by atoms with Crippen molar-refractivity contribution in [2.45, 2.75) is 26.0 Å². The summed E-state index contributed by atoms with van der Waals surface area (Å²) in [6.07, 6.45) is 1.89. The van der Waals surface area contributed by atoms with Crippen LogP contribution in [0.2, 0.25) is 0 Å². The second-order valence-corrected chi connectivity index (χ2v) is 4.51. The largest absolute Gasteiger partial charge is 0.377 e. The second-order valence-electron chi connectivity index (χ2n) is 3.54. The zero-order chi connectivity index (χ0) is 9.73. The molecule has 0 bridgehead atoms. The van der Waals surface area contributed by atoms with E-state index in [2.05, 4.69) is 24.1 Å². The second kappa shape index (κ2) is 4.69. The third-order valence-corrected chi connectivity index (χ3v) is 2.67. The predicted octanol–water partition coefficient (Wildman–Crippen LogP) is 1.66. The van der Waals surface area contributed by atoms with Crippen molar-refractivity contribution in [2.24, 2.45) is 0 Å². The van der Waals surface area contributed by atoms with Crippen LogP contribution in [0.3, 0.4) is 0 Å². The van der Waals surface area contributed by atoms with E-state index in [9.17, 15) is 0 Å². The smallest absolute Gasteiger partial charge is 0.0794 e. The van der Waals surface area contributed by atoms with Gasteiger partial charge in [0.05, 0.1) is 11.1 Å². The Morgan fingerprint density at radius 2 is 2.38 bits per heavy atom.